The summed E-state index contributed by atoms with van der Waals surface area (Å²) in [6.07, 6.45) is -1.05. The Morgan fingerprint density at radius 1 is 0.484 bits per heavy atom. The zero-order valence-corrected chi connectivity index (χ0v) is 75.6. The fourth-order valence-electron chi connectivity index (χ4n) is 14.6. The second-order valence-electron chi connectivity index (χ2n) is 31.0. The number of hydrogen-bond donors (Lipinski definition) is 2. The van der Waals surface area contributed by atoms with Crippen molar-refractivity contribution < 1.29 is 82.4 Å². The minimum Gasteiger partial charge on any atom is -0.497 e. The molecule has 6 aliphatic heterocycles. The number of carbonyl (C=O) groups excluding carboxylic acids is 6. The number of likely N-dealkylation sites (tertiary alicyclic amines) is 2. The lowest BCUT2D eigenvalue weighted by Crippen LogP contribution is -2.46. The number of halogens is 2. The predicted molar refractivity (Wildman–Crippen MR) is 469 cm³/mol. The molecular formula is C84H88I2N14O18S4. The monoisotopic (exact) mass is 1960 g/mol. The van der Waals surface area contributed by atoms with Crippen molar-refractivity contribution >= 4 is 135 Å². The third kappa shape index (κ3) is 20.2. The van der Waals surface area contributed by atoms with Crippen molar-refractivity contribution in [2.45, 2.75) is 136 Å². The van der Waals surface area contributed by atoms with E-state index in [0.717, 1.165) is 9.80 Å². The van der Waals surface area contributed by atoms with E-state index in [4.69, 9.17) is 28.4 Å². The van der Waals surface area contributed by atoms with Crippen LogP contribution in [0.1, 0.15) is 129 Å². The number of hydrogen-bond acceptors (Lipinski definition) is 24. The average Bonchev–Trinajstić information content (AvgIpc) is 0.810. The van der Waals surface area contributed by atoms with Crippen LogP contribution in [-0.2, 0) is 77.7 Å². The van der Waals surface area contributed by atoms with Gasteiger partial charge in [0.1, 0.15) is 72.5 Å². The highest BCUT2D eigenvalue weighted by Crippen LogP contribution is 2.39. The number of imide groups is 2. The third-order valence-corrected chi connectivity index (χ3v) is 28.8. The molecule has 0 saturated carbocycles. The number of aliphatic imine (C=N–C) groups is 1. The molecule has 8 aromatic carbocycles. The Hall–Kier alpha value is -10.2. The van der Waals surface area contributed by atoms with Crippen molar-refractivity contribution in [3.05, 3.63) is 233 Å². The molecule has 0 radical (unpaired) electrons. The zero-order valence-electron chi connectivity index (χ0n) is 68.1. The molecule has 2 fully saturated rings. The molecule has 8 aromatic rings. The summed E-state index contributed by atoms with van der Waals surface area (Å²) in [7, 11) is -7.35. The first kappa shape index (κ1) is 89.6. The summed E-state index contributed by atoms with van der Waals surface area (Å²) in [4.78, 5) is 89.8. The SMILES string of the molecule is COc1ccc(CN(Cc2ccc(OC)cc2)S(=O)(=O)c2c(S(=O)N[C@@H]3C[C@@H](CN4C(=O)c5ccccc5C4=O)N(C(=O)OC(C)(C)C)C3)ccc(I)c2C2=NCN=N2)cc1.COc1ccc(CN(Cc2ccc(OC)cc2)S(=O)(=O)c2c(S(=O)N[C@@H]3C[C@@H](CN4C(=O)c5ccccc5C4=O)N(C(=O)OC(C)(C)C)C3)ccc(I)c2C2=NN=NC2)cc1. The topological polar surface area (TPSA) is 378 Å². The standard InChI is InChI=1S/2C42H44IN7O9S2/c1-42(2,3)59-41(53)49-24-28(20-29(49)25-50-39(51)32-8-6-7-9-33(32)40(50)52)46-60(54)36-19-18-34(43)37(35-21-44-47-45-35)38(36)61(55,56)48(22-26-10-14-30(57-4)15-11-26)23-27-12-16-31(58-5)17-13-27;1-42(2,3)59-41(53)49-23-28(20-29(49)24-50-39(51)32-8-6-7-9-33(32)40(50)52)47-60(54)35-19-18-34(43)36(38-44-25-45-46-38)37(35)61(55,56)48(21-26-10-14-30(57-4)15-11-26)22-27-12-16-31(58-5)17-13-27/h6-19,28-29,46H,20-25H2,1-5H3;6-19,28-29,47H,20-25H2,1-5H3/t2*28-,29+,60?/m11/s1. The van der Waals surface area contributed by atoms with Gasteiger partial charge >= 0.3 is 12.2 Å². The summed E-state index contributed by atoms with van der Waals surface area (Å²) in [6.45, 7) is 9.79. The smallest absolute Gasteiger partial charge is 0.410 e. The molecule has 0 bridgehead atoms. The van der Waals surface area contributed by atoms with Crippen molar-refractivity contribution in [1.82, 2.24) is 37.7 Å². The molecule has 0 aliphatic carbocycles. The second-order valence-corrected chi connectivity index (χ2v) is 39.5. The normalized spacial score (nSPS) is 18.1. The molecule has 0 aromatic heterocycles. The molecule has 38 heteroatoms. The fraction of sp³-hybridized carbons (Fsp3) is 0.333. The number of carbonyl (C=O) groups is 6. The Morgan fingerprint density at radius 2 is 0.820 bits per heavy atom. The predicted octanol–water partition coefficient (Wildman–Crippen LogP) is 12.3. The maximum atomic E-state index is 15.4. The lowest BCUT2D eigenvalue weighted by molar-refractivity contribution is 0.0184. The number of amides is 6. The van der Waals surface area contributed by atoms with Crippen LogP contribution in [0.3, 0.4) is 0 Å². The van der Waals surface area contributed by atoms with Crippen molar-refractivity contribution in [2.75, 3.05) is 67.8 Å². The minimum atomic E-state index is -4.55. The number of nitrogens with zero attached hydrogens (tertiary/aromatic N) is 12. The maximum absolute atomic E-state index is 15.4. The van der Waals surface area contributed by atoms with E-state index in [1.165, 1.54) is 30.5 Å². The van der Waals surface area contributed by atoms with Gasteiger partial charge < -0.3 is 38.2 Å². The first-order chi connectivity index (χ1) is 58.1. The van der Waals surface area contributed by atoms with Crippen LogP contribution in [0.25, 0.3) is 0 Å². The fourth-order valence-corrected chi connectivity index (χ4v) is 23.0. The molecular weight excluding hydrogens is 1880 g/mol. The number of rotatable bonds is 28. The number of fused-ring (bicyclic) bond motifs is 2. The number of sulfonamides is 2. The molecule has 2 unspecified atom stereocenters. The van der Waals surface area contributed by atoms with Gasteiger partial charge in [0, 0.05) is 77.1 Å². The molecule has 6 atom stereocenters. The summed E-state index contributed by atoms with van der Waals surface area (Å²) in [6, 6.07) is 44.7. The maximum Gasteiger partial charge on any atom is 0.410 e. The third-order valence-electron chi connectivity index (χ3n) is 20.4. The van der Waals surface area contributed by atoms with Crippen molar-refractivity contribution in [2.24, 2.45) is 30.7 Å². The average molecular weight is 1960 g/mol. The number of amidine groups is 1. The molecule has 6 aliphatic rings. The number of benzene rings is 8. The van der Waals surface area contributed by atoms with Gasteiger partial charge in [-0.25, -0.2) is 49.3 Å². The molecule has 6 heterocycles. The summed E-state index contributed by atoms with van der Waals surface area (Å²) in [5.74, 6) is 0.571. The number of azo groups is 1. The van der Waals surface area contributed by atoms with Crippen LogP contribution < -0.4 is 28.4 Å². The highest BCUT2D eigenvalue weighted by atomic mass is 127. The van der Waals surface area contributed by atoms with Crippen LogP contribution in [-0.4, -0.2) is 204 Å². The van der Waals surface area contributed by atoms with Crippen LogP contribution in [0, 0.1) is 7.14 Å². The number of nitrogens with one attached hydrogen (secondary N) is 2. The van der Waals surface area contributed by atoms with Gasteiger partial charge in [0.2, 0.25) is 20.0 Å². The first-order valence-electron chi connectivity index (χ1n) is 38.4. The minimum absolute atomic E-state index is 0.00501. The van der Waals surface area contributed by atoms with Gasteiger partial charge in [-0.1, -0.05) is 72.8 Å². The molecule has 640 valence electrons. The van der Waals surface area contributed by atoms with Crippen LogP contribution in [0.2, 0.25) is 0 Å². The molecule has 122 heavy (non-hydrogen) atoms. The van der Waals surface area contributed by atoms with Crippen LogP contribution >= 0.6 is 45.2 Å². The van der Waals surface area contributed by atoms with Crippen molar-refractivity contribution in [3.63, 3.8) is 0 Å². The van der Waals surface area contributed by atoms with Gasteiger partial charge in [-0.2, -0.15) is 18.8 Å². The summed E-state index contributed by atoms with van der Waals surface area (Å²) in [5, 5.41) is 20.1. The van der Waals surface area contributed by atoms with Gasteiger partial charge in [0.15, 0.2) is 12.5 Å². The van der Waals surface area contributed by atoms with Crippen LogP contribution in [0.5, 0.6) is 23.0 Å². The van der Waals surface area contributed by atoms with E-state index in [9.17, 15) is 37.2 Å². The second kappa shape index (κ2) is 37.9. The van der Waals surface area contributed by atoms with Gasteiger partial charge in [0.05, 0.1) is 83.8 Å². The van der Waals surface area contributed by atoms with E-state index >= 15 is 16.8 Å². The van der Waals surface area contributed by atoms with E-state index < -0.39 is 113 Å². The Kier molecular flexibility index (Phi) is 27.8. The number of methoxy groups -OCH3 is 4. The molecule has 6 amide bonds. The van der Waals surface area contributed by atoms with E-state index in [-0.39, 0.29) is 143 Å². The first-order valence-corrected chi connectivity index (χ1v) is 45.8. The summed E-state index contributed by atoms with van der Waals surface area (Å²) in [5.41, 5.74) is 2.69. The largest absolute Gasteiger partial charge is 0.497 e. The van der Waals surface area contributed by atoms with Gasteiger partial charge in [-0.05, 0) is 224 Å². The molecule has 0 spiro atoms. The molecule has 2 N–H and O–H groups in total. The van der Waals surface area contributed by atoms with Crippen molar-refractivity contribution in [1.29, 1.82) is 0 Å². The number of ether oxygens (including phenoxy) is 6. The summed E-state index contributed by atoms with van der Waals surface area (Å²) < 4.78 is 134. The lowest BCUT2D eigenvalue weighted by Gasteiger charge is -2.30. The van der Waals surface area contributed by atoms with Crippen LogP contribution in [0.4, 0.5) is 9.59 Å². The Balaban J connectivity index is 0.000000210. The lowest BCUT2D eigenvalue weighted by atomic mass is 10.1. The van der Waals surface area contributed by atoms with Crippen molar-refractivity contribution in [3.8, 4) is 23.0 Å². The highest BCUT2D eigenvalue weighted by Gasteiger charge is 2.48. The van der Waals surface area contributed by atoms with Gasteiger partial charge in [-0.15, -0.1) is 10.2 Å². The molecule has 14 rings (SSSR count). The van der Waals surface area contributed by atoms with E-state index in [0.29, 0.717) is 52.4 Å². The zero-order chi connectivity index (χ0) is 87.3. The Bertz CT molecular complexity index is 5630. The highest BCUT2D eigenvalue weighted by molar-refractivity contribution is 14.1. The van der Waals surface area contributed by atoms with Gasteiger partial charge in [-0.3, -0.25) is 29.0 Å². The molecule has 2 saturated heterocycles. The Morgan fingerprint density at radius 3 is 1.12 bits per heavy atom. The Labute approximate surface area is 738 Å². The molecule has 32 nitrogen and oxygen atoms in total. The summed E-state index contributed by atoms with van der Waals surface area (Å²) >= 11 is 4.04. The van der Waals surface area contributed by atoms with E-state index in [1.807, 2.05) is 45.2 Å². The van der Waals surface area contributed by atoms with Gasteiger partial charge in [0.25, 0.3) is 23.6 Å². The quantitative estimate of drug-likeness (QED) is 0.0340. The van der Waals surface area contributed by atoms with E-state index in [2.05, 4.69) is 40.1 Å². The van der Waals surface area contributed by atoms with Crippen LogP contribution in [0.15, 0.2) is 220 Å². The van der Waals surface area contributed by atoms with E-state index in [1.54, 1.807) is 228 Å².